The molecule has 0 atom stereocenters. The van der Waals surface area contributed by atoms with Crippen molar-refractivity contribution in [2.24, 2.45) is 0 Å². The van der Waals surface area contributed by atoms with Crippen LogP contribution in [-0.2, 0) is 31.9 Å². The predicted molar refractivity (Wildman–Crippen MR) is 143 cm³/mol. The number of benzene rings is 2. The molecule has 2 aromatic carbocycles. The van der Waals surface area contributed by atoms with Crippen molar-refractivity contribution in [3.05, 3.63) is 53.6 Å². The first kappa shape index (κ1) is 30.8. The van der Waals surface area contributed by atoms with Gasteiger partial charge in [0.15, 0.2) is 0 Å². The van der Waals surface area contributed by atoms with Gasteiger partial charge in [-0.2, -0.15) is 0 Å². The van der Waals surface area contributed by atoms with Crippen LogP contribution in [0.25, 0.3) is 11.1 Å². The first-order valence-electron chi connectivity index (χ1n) is 12.5. The van der Waals surface area contributed by atoms with Crippen molar-refractivity contribution >= 4 is 19.7 Å². The quantitative estimate of drug-likeness (QED) is 0.504. The van der Waals surface area contributed by atoms with Gasteiger partial charge < -0.3 is 28.7 Å². The lowest BCUT2D eigenvalue weighted by atomic mass is 9.82. The number of nitrogens with zero attached hydrogens (tertiary/aromatic N) is 1. The Bertz CT molecular complexity index is 904. The van der Waals surface area contributed by atoms with Crippen LogP contribution in [0.3, 0.4) is 0 Å². The van der Waals surface area contributed by atoms with E-state index in [0.717, 1.165) is 37.9 Å². The van der Waals surface area contributed by atoms with E-state index in [4.69, 9.17) is 23.8 Å². The van der Waals surface area contributed by atoms with Gasteiger partial charge in [-0.1, -0.05) is 51.1 Å². The number of aryl methyl sites for hydroxylation is 2. The summed E-state index contributed by atoms with van der Waals surface area (Å²) in [6.07, 6.45) is 4.48. The van der Waals surface area contributed by atoms with Gasteiger partial charge in [0.25, 0.3) is 0 Å². The largest absolute Gasteiger partial charge is 0.487 e. The standard InChI is InChI=1S/C25H31NO4.C2H6.2CH2O/c1-3-19-4-6-20(7-5-19)21-8-9-23-22(18-21)10-11-25(30-23)12-14-26(15-13-25)24(27)29-17-16-28-2;3*1-2/h4-9,18H,3,10-17H2,1-2H3;1-2H3;2*1H2. The van der Waals surface area contributed by atoms with Crippen LogP contribution in [-0.4, -0.2) is 63.6 Å². The maximum absolute atomic E-state index is 12.2. The van der Waals surface area contributed by atoms with Crippen LogP contribution in [0.15, 0.2) is 42.5 Å². The van der Waals surface area contributed by atoms with Gasteiger partial charge in [0.05, 0.1) is 6.61 Å². The molecule has 0 N–H and O–H groups in total. The van der Waals surface area contributed by atoms with Crippen molar-refractivity contribution in [3.63, 3.8) is 0 Å². The molecule has 1 spiro atoms. The van der Waals surface area contributed by atoms with Crippen molar-refractivity contribution in [3.8, 4) is 16.9 Å². The number of ether oxygens (including phenoxy) is 3. The number of carbonyl (C=O) groups is 3. The maximum atomic E-state index is 12.2. The second-order valence-corrected chi connectivity index (χ2v) is 8.25. The average Bonchev–Trinajstić information content (AvgIpc) is 2.96. The summed E-state index contributed by atoms with van der Waals surface area (Å²) in [6, 6.07) is 15.3. The summed E-state index contributed by atoms with van der Waals surface area (Å²) >= 11 is 0. The number of hydrogen-bond acceptors (Lipinski definition) is 6. The van der Waals surface area contributed by atoms with E-state index in [9.17, 15) is 4.79 Å². The Morgan fingerprint density at radius 2 is 1.56 bits per heavy atom. The molecule has 0 radical (unpaired) electrons. The second kappa shape index (κ2) is 16.5. The SMILES string of the molecule is C=O.C=O.CC.CCc1ccc(-c2ccc3c(c2)CCC2(CCN(C(=O)OCCOC)CC2)O3)cc1. The first-order valence-corrected chi connectivity index (χ1v) is 12.5. The summed E-state index contributed by atoms with van der Waals surface area (Å²) < 4.78 is 16.7. The highest BCUT2D eigenvalue weighted by molar-refractivity contribution is 5.68. The number of rotatable bonds is 5. The van der Waals surface area contributed by atoms with Crippen LogP contribution < -0.4 is 4.74 Å². The zero-order chi connectivity index (χ0) is 27.0. The molecule has 2 aliphatic heterocycles. The zero-order valence-corrected chi connectivity index (χ0v) is 22.2. The number of fused-ring (bicyclic) bond motifs is 1. The summed E-state index contributed by atoms with van der Waals surface area (Å²) in [5.74, 6) is 0.992. The van der Waals surface area contributed by atoms with Gasteiger partial charge in [-0.15, -0.1) is 0 Å². The molecular weight excluding hydrogens is 458 g/mol. The lowest BCUT2D eigenvalue weighted by Gasteiger charge is -2.44. The minimum absolute atomic E-state index is 0.166. The fraction of sp³-hybridized carbons (Fsp3) is 0.483. The highest BCUT2D eigenvalue weighted by Gasteiger charge is 2.40. The number of piperidine rings is 1. The average molecular weight is 500 g/mol. The molecule has 2 heterocycles. The number of hydrogen-bond donors (Lipinski definition) is 0. The summed E-state index contributed by atoms with van der Waals surface area (Å²) in [5, 5.41) is 0. The molecule has 2 aliphatic rings. The van der Waals surface area contributed by atoms with Crippen LogP contribution >= 0.6 is 0 Å². The van der Waals surface area contributed by atoms with Crippen LogP contribution in [0, 0.1) is 0 Å². The molecule has 198 valence electrons. The third-order valence-electron chi connectivity index (χ3n) is 6.38. The van der Waals surface area contributed by atoms with Gasteiger partial charge in [-0.05, 0) is 53.6 Å². The second-order valence-electron chi connectivity index (χ2n) is 8.25. The Morgan fingerprint density at radius 1 is 0.944 bits per heavy atom. The van der Waals surface area contributed by atoms with Crippen molar-refractivity contribution in [2.75, 3.05) is 33.4 Å². The molecule has 2 aromatic rings. The molecule has 7 nitrogen and oxygen atoms in total. The van der Waals surface area contributed by atoms with Crippen LogP contribution in [0.1, 0.15) is 51.2 Å². The van der Waals surface area contributed by atoms with E-state index < -0.39 is 0 Å². The van der Waals surface area contributed by atoms with E-state index in [1.54, 1.807) is 12.0 Å². The Kier molecular flexibility index (Phi) is 14.1. The van der Waals surface area contributed by atoms with Crippen molar-refractivity contribution in [1.82, 2.24) is 4.90 Å². The molecule has 0 bridgehead atoms. The minimum Gasteiger partial charge on any atom is -0.487 e. The molecule has 0 aliphatic carbocycles. The number of amides is 1. The first-order chi connectivity index (χ1) is 17.6. The number of methoxy groups -OCH3 is 1. The molecule has 1 saturated heterocycles. The molecule has 1 fully saturated rings. The Morgan fingerprint density at radius 3 is 2.14 bits per heavy atom. The molecule has 0 unspecified atom stereocenters. The maximum Gasteiger partial charge on any atom is 0.409 e. The molecule has 36 heavy (non-hydrogen) atoms. The fourth-order valence-corrected chi connectivity index (χ4v) is 4.39. The van der Waals surface area contributed by atoms with E-state index in [-0.39, 0.29) is 11.7 Å². The highest BCUT2D eigenvalue weighted by Crippen LogP contribution is 2.40. The van der Waals surface area contributed by atoms with E-state index in [1.807, 2.05) is 27.4 Å². The van der Waals surface area contributed by atoms with Crippen LogP contribution in [0.2, 0.25) is 0 Å². The Labute approximate surface area is 215 Å². The van der Waals surface area contributed by atoms with Gasteiger partial charge in [0, 0.05) is 33.0 Å². The number of carbonyl (C=O) groups excluding carboxylic acids is 3. The minimum atomic E-state index is -0.253. The van der Waals surface area contributed by atoms with Gasteiger partial charge >= 0.3 is 6.09 Å². The van der Waals surface area contributed by atoms with E-state index >= 15 is 0 Å². The van der Waals surface area contributed by atoms with Crippen molar-refractivity contribution in [2.45, 2.75) is 58.5 Å². The third kappa shape index (κ3) is 8.19. The van der Waals surface area contributed by atoms with Crippen molar-refractivity contribution < 1.29 is 28.6 Å². The Hall–Kier alpha value is -3.19. The molecule has 0 aromatic heterocycles. The molecule has 1 amide bonds. The van der Waals surface area contributed by atoms with E-state index in [0.29, 0.717) is 26.3 Å². The predicted octanol–water partition coefficient (Wildman–Crippen LogP) is 5.52. The lowest BCUT2D eigenvalue weighted by Crippen LogP contribution is -2.51. The summed E-state index contributed by atoms with van der Waals surface area (Å²) in [7, 11) is 1.60. The highest BCUT2D eigenvalue weighted by atomic mass is 16.6. The van der Waals surface area contributed by atoms with E-state index in [2.05, 4.69) is 49.4 Å². The smallest absolute Gasteiger partial charge is 0.409 e. The third-order valence-corrected chi connectivity index (χ3v) is 6.38. The molecule has 7 heteroatoms. The lowest BCUT2D eigenvalue weighted by molar-refractivity contribution is -0.0987. The summed E-state index contributed by atoms with van der Waals surface area (Å²) in [6.45, 7) is 12.2. The van der Waals surface area contributed by atoms with E-state index in [1.165, 1.54) is 22.3 Å². The van der Waals surface area contributed by atoms with Gasteiger partial charge in [-0.3, -0.25) is 0 Å². The molecule has 4 rings (SSSR count). The summed E-state index contributed by atoms with van der Waals surface area (Å²) in [5.41, 5.74) is 4.95. The molecule has 0 saturated carbocycles. The van der Waals surface area contributed by atoms with Crippen LogP contribution in [0.4, 0.5) is 4.79 Å². The topological polar surface area (TPSA) is 82.1 Å². The fourth-order valence-electron chi connectivity index (χ4n) is 4.39. The monoisotopic (exact) mass is 499 g/mol. The normalized spacial score (nSPS) is 14.8. The Balaban J connectivity index is 0.00000101. The zero-order valence-electron chi connectivity index (χ0n) is 22.2. The molecular formula is C29H41NO6. The van der Waals surface area contributed by atoms with Gasteiger partial charge in [-0.25, -0.2) is 4.79 Å². The number of likely N-dealkylation sites (tertiary alicyclic amines) is 1. The van der Waals surface area contributed by atoms with Crippen molar-refractivity contribution in [1.29, 1.82) is 0 Å². The summed E-state index contributed by atoms with van der Waals surface area (Å²) in [4.78, 5) is 29.9. The van der Waals surface area contributed by atoms with Crippen LogP contribution in [0.5, 0.6) is 5.75 Å². The van der Waals surface area contributed by atoms with Gasteiger partial charge in [0.1, 0.15) is 31.5 Å². The van der Waals surface area contributed by atoms with Gasteiger partial charge in [0.2, 0.25) is 0 Å².